The molecule has 0 aliphatic heterocycles. The molecule has 0 aliphatic rings. The summed E-state index contributed by atoms with van der Waals surface area (Å²) in [6, 6.07) is 2.85. The maximum absolute atomic E-state index is 13.9. The molecular formula is C14H15F4N. The zero-order valence-corrected chi connectivity index (χ0v) is 10.7. The van der Waals surface area contributed by atoms with E-state index in [0.717, 1.165) is 6.07 Å². The largest absolute Gasteiger partial charge is 0.419 e. The molecule has 1 nitrogen and oxygen atoms in total. The number of hydrogen-bond acceptors (Lipinski definition) is 1. The van der Waals surface area contributed by atoms with E-state index in [4.69, 9.17) is 0 Å². The van der Waals surface area contributed by atoms with E-state index in [1.807, 2.05) is 0 Å². The van der Waals surface area contributed by atoms with Gasteiger partial charge in [0.1, 0.15) is 5.82 Å². The van der Waals surface area contributed by atoms with E-state index in [0.29, 0.717) is 12.8 Å². The van der Waals surface area contributed by atoms with E-state index < -0.39 is 23.6 Å². The van der Waals surface area contributed by atoms with Crippen molar-refractivity contribution < 1.29 is 17.6 Å². The van der Waals surface area contributed by atoms with Gasteiger partial charge in [-0.25, -0.2) is 4.39 Å². The summed E-state index contributed by atoms with van der Waals surface area (Å²) in [4.78, 5) is 0. The van der Waals surface area contributed by atoms with Crippen molar-refractivity contribution in [3.63, 3.8) is 0 Å². The van der Waals surface area contributed by atoms with E-state index in [9.17, 15) is 17.6 Å². The van der Waals surface area contributed by atoms with Crippen LogP contribution in [0, 0.1) is 17.7 Å². The summed E-state index contributed by atoms with van der Waals surface area (Å²) >= 11 is 0. The fraction of sp³-hybridized carbons (Fsp3) is 0.429. The predicted molar refractivity (Wildman–Crippen MR) is 65.9 cm³/mol. The quantitative estimate of drug-likeness (QED) is 0.648. The Morgan fingerprint density at radius 1 is 1.32 bits per heavy atom. The summed E-state index contributed by atoms with van der Waals surface area (Å²) in [5, 5.41) is 2.82. The van der Waals surface area contributed by atoms with Crippen molar-refractivity contribution in [2.24, 2.45) is 0 Å². The monoisotopic (exact) mass is 273 g/mol. The highest BCUT2D eigenvalue weighted by atomic mass is 19.4. The zero-order chi connectivity index (χ0) is 14.5. The first-order chi connectivity index (χ1) is 8.91. The van der Waals surface area contributed by atoms with Gasteiger partial charge in [0.05, 0.1) is 5.56 Å². The van der Waals surface area contributed by atoms with Gasteiger partial charge >= 0.3 is 6.18 Å². The summed E-state index contributed by atoms with van der Waals surface area (Å²) in [5.41, 5.74) is -1.21. The van der Waals surface area contributed by atoms with Gasteiger partial charge < -0.3 is 5.32 Å². The number of alkyl halides is 3. The van der Waals surface area contributed by atoms with Crippen molar-refractivity contribution in [3.8, 4) is 11.8 Å². The van der Waals surface area contributed by atoms with Crippen LogP contribution in [0.2, 0.25) is 0 Å². The molecule has 0 aliphatic carbocycles. The molecule has 0 radical (unpaired) electrons. The Balaban J connectivity index is 3.07. The second-order valence-corrected chi connectivity index (χ2v) is 4.01. The third kappa shape index (κ3) is 3.97. The molecule has 1 unspecified atom stereocenters. The van der Waals surface area contributed by atoms with Crippen LogP contribution < -0.4 is 5.32 Å². The van der Waals surface area contributed by atoms with Crippen molar-refractivity contribution in [2.75, 3.05) is 7.05 Å². The van der Waals surface area contributed by atoms with Crippen molar-refractivity contribution in [1.82, 2.24) is 5.32 Å². The second-order valence-electron chi connectivity index (χ2n) is 4.01. The normalized spacial score (nSPS) is 12.7. The molecule has 1 rings (SSSR count). The third-order valence-corrected chi connectivity index (χ3v) is 2.79. The van der Waals surface area contributed by atoms with Crippen molar-refractivity contribution in [1.29, 1.82) is 0 Å². The van der Waals surface area contributed by atoms with Crippen LogP contribution in [0.4, 0.5) is 17.6 Å². The lowest BCUT2D eigenvalue weighted by Crippen LogP contribution is -2.19. The Hall–Kier alpha value is -1.54. The average molecular weight is 273 g/mol. The molecule has 0 spiro atoms. The van der Waals surface area contributed by atoms with Gasteiger partial charge in [-0.3, -0.25) is 0 Å². The average Bonchev–Trinajstić information content (AvgIpc) is 2.34. The van der Waals surface area contributed by atoms with E-state index in [1.54, 1.807) is 14.0 Å². The summed E-state index contributed by atoms with van der Waals surface area (Å²) in [5.74, 6) is 4.30. The first kappa shape index (κ1) is 15.5. The third-order valence-electron chi connectivity index (χ3n) is 2.79. The number of rotatable bonds is 4. The molecule has 0 saturated heterocycles. The molecule has 104 valence electrons. The van der Waals surface area contributed by atoms with Gasteiger partial charge in [0.15, 0.2) is 0 Å². The van der Waals surface area contributed by atoms with E-state index in [2.05, 4.69) is 17.2 Å². The Morgan fingerprint density at radius 3 is 2.53 bits per heavy atom. The van der Waals surface area contributed by atoms with Crippen LogP contribution >= 0.6 is 0 Å². The molecule has 1 aromatic carbocycles. The second kappa shape index (κ2) is 6.58. The molecule has 0 saturated carbocycles. The van der Waals surface area contributed by atoms with Crippen LogP contribution in [0.3, 0.4) is 0 Å². The summed E-state index contributed by atoms with van der Waals surface area (Å²) < 4.78 is 51.8. The Labute approximate surface area is 110 Å². The molecule has 1 aromatic rings. The Kier molecular flexibility index (Phi) is 5.37. The summed E-state index contributed by atoms with van der Waals surface area (Å²) in [7, 11) is 1.59. The number of hydrogen-bond donors (Lipinski definition) is 1. The zero-order valence-electron chi connectivity index (χ0n) is 10.7. The minimum absolute atomic E-state index is 0.0234. The molecule has 0 amide bonds. The first-order valence-electron chi connectivity index (χ1n) is 5.84. The standard InChI is InChI=1S/C14H15F4N/c1-3-4-5-9-12(19-2)10-7-6-8-11(13(10)15)14(16,17)18/h6-8,12,19H,5,9H2,1-2H3. The van der Waals surface area contributed by atoms with Crippen molar-refractivity contribution >= 4 is 0 Å². The van der Waals surface area contributed by atoms with Crippen molar-refractivity contribution in [2.45, 2.75) is 32.0 Å². The summed E-state index contributed by atoms with van der Waals surface area (Å²) in [6.07, 6.45) is -3.73. The van der Waals surface area contributed by atoms with E-state index in [-0.39, 0.29) is 5.56 Å². The smallest absolute Gasteiger partial charge is 0.313 e. The van der Waals surface area contributed by atoms with Crippen LogP contribution in [0.15, 0.2) is 18.2 Å². The van der Waals surface area contributed by atoms with Gasteiger partial charge in [0.25, 0.3) is 0 Å². The topological polar surface area (TPSA) is 12.0 Å². The number of nitrogens with one attached hydrogen (secondary N) is 1. The Morgan fingerprint density at radius 2 is 2.00 bits per heavy atom. The first-order valence-corrected chi connectivity index (χ1v) is 5.84. The number of benzene rings is 1. The SMILES string of the molecule is CC#CCCC(NC)c1cccc(C(F)(F)F)c1F. The summed E-state index contributed by atoms with van der Waals surface area (Å²) in [6.45, 7) is 1.68. The molecule has 0 fully saturated rings. The minimum atomic E-state index is -4.68. The van der Waals surface area contributed by atoms with E-state index in [1.165, 1.54) is 12.1 Å². The minimum Gasteiger partial charge on any atom is -0.313 e. The molecule has 19 heavy (non-hydrogen) atoms. The fourth-order valence-electron chi connectivity index (χ4n) is 1.83. The molecule has 1 N–H and O–H groups in total. The highest BCUT2D eigenvalue weighted by molar-refractivity contribution is 5.30. The van der Waals surface area contributed by atoms with Gasteiger partial charge in [0, 0.05) is 18.0 Å². The van der Waals surface area contributed by atoms with Gasteiger partial charge in [-0.15, -0.1) is 11.8 Å². The van der Waals surface area contributed by atoms with Gasteiger partial charge in [-0.2, -0.15) is 13.2 Å². The van der Waals surface area contributed by atoms with Crippen molar-refractivity contribution in [3.05, 3.63) is 35.1 Å². The molecule has 5 heteroatoms. The molecular weight excluding hydrogens is 258 g/mol. The highest BCUT2D eigenvalue weighted by Crippen LogP contribution is 2.34. The lowest BCUT2D eigenvalue weighted by molar-refractivity contribution is -0.140. The molecule has 1 atom stereocenters. The van der Waals surface area contributed by atoms with Crippen LogP contribution in [-0.4, -0.2) is 7.05 Å². The van der Waals surface area contributed by atoms with Gasteiger partial charge in [0.2, 0.25) is 0 Å². The van der Waals surface area contributed by atoms with Crippen LogP contribution in [0.1, 0.15) is 36.9 Å². The predicted octanol–water partition coefficient (Wildman–Crippen LogP) is 3.91. The highest BCUT2D eigenvalue weighted by Gasteiger charge is 2.35. The molecule has 0 aromatic heterocycles. The molecule has 0 bridgehead atoms. The van der Waals surface area contributed by atoms with Crippen LogP contribution in [-0.2, 0) is 6.18 Å². The van der Waals surface area contributed by atoms with Gasteiger partial charge in [-0.1, -0.05) is 12.1 Å². The Bertz CT molecular complexity index is 482. The maximum Gasteiger partial charge on any atom is 0.419 e. The lowest BCUT2D eigenvalue weighted by atomic mass is 9.99. The van der Waals surface area contributed by atoms with E-state index >= 15 is 0 Å². The van der Waals surface area contributed by atoms with Gasteiger partial charge in [-0.05, 0) is 26.5 Å². The van der Waals surface area contributed by atoms with Crippen LogP contribution in [0.5, 0.6) is 0 Å². The molecule has 0 heterocycles. The fourth-order valence-corrected chi connectivity index (χ4v) is 1.83. The number of halogens is 4. The lowest BCUT2D eigenvalue weighted by Gasteiger charge is -2.18. The maximum atomic E-state index is 13.9. The van der Waals surface area contributed by atoms with Crippen LogP contribution in [0.25, 0.3) is 0 Å².